The Morgan fingerprint density at radius 1 is 1.62 bits per heavy atom. The van der Waals surface area contributed by atoms with E-state index in [-0.39, 0.29) is 23.8 Å². The molecule has 1 heterocycles. The maximum atomic E-state index is 11.4. The number of nitrogens with zero attached hydrogens (tertiary/aromatic N) is 2. The van der Waals surface area contributed by atoms with Crippen molar-refractivity contribution >= 4 is 5.78 Å². The van der Waals surface area contributed by atoms with Gasteiger partial charge >= 0.3 is 0 Å². The van der Waals surface area contributed by atoms with Gasteiger partial charge in [0.15, 0.2) is 11.5 Å². The fraction of sp³-hybridized carbons (Fsp3) is 0.222. The number of ketones is 1. The van der Waals surface area contributed by atoms with Gasteiger partial charge in [-0.15, -0.1) is 6.58 Å². The second-order valence-corrected chi connectivity index (χ2v) is 2.33. The summed E-state index contributed by atoms with van der Waals surface area (Å²) in [6.45, 7) is 3.47. The summed E-state index contributed by atoms with van der Waals surface area (Å²) >= 11 is 0. The smallest absolute Gasteiger partial charge is 0.243 e. The fourth-order valence-corrected chi connectivity index (χ4v) is 0.894. The van der Waals surface area contributed by atoms with Gasteiger partial charge in [0.2, 0.25) is 5.88 Å². The summed E-state index contributed by atoms with van der Waals surface area (Å²) in [6, 6.07) is 0. The van der Waals surface area contributed by atoms with Crippen molar-refractivity contribution in [2.75, 3.05) is 7.11 Å². The minimum Gasteiger partial charge on any atom is -0.479 e. The van der Waals surface area contributed by atoms with E-state index in [9.17, 15) is 4.79 Å². The lowest BCUT2D eigenvalue weighted by molar-refractivity contribution is 0.0987. The highest BCUT2D eigenvalue weighted by atomic mass is 16.5. The molecule has 0 aliphatic heterocycles. The Morgan fingerprint density at radius 2 is 2.31 bits per heavy atom. The first kappa shape index (κ1) is 9.38. The number of carbonyl (C=O) groups is 1. The summed E-state index contributed by atoms with van der Waals surface area (Å²) in [6.07, 6.45) is 4.70. The van der Waals surface area contributed by atoms with E-state index in [1.807, 2.05) is 0 Å². The van der Waals surface area contributed by atoms with Crippen LogP contribution in [0.3, 0.4) is 0 Å². The van der Waals surface area contributed by atoms with E-state index in [0.29, 0.717) is 0 Å². The number of rotatable bonds is 4. The number of allylic oxidation sites excluding steroid dienone is 1. The number of Topliss-reactive ketones (excluding diaryl/α,β-unsaturated/α-hetero) is 1. The standard InChI is InChI=1S/C9H10N2O2/c1-3-4-7(12)8-9(13-2)11-6-5-10-8/h3,5-6H,1,4H2,2H3. The zero-order valence-electron chi connectivity index (χ0n) is 7.36. The summed E-state index contributed by atoms with van der Waals surface area (Å²) < 4.78 is 4.88. The number of aromatic nitrogens is 2. The van der Waals surface area contributed by atoms with Crippen LogP contribution in [0.2, 0.25) is 0 Å². The first-order chi connectivity index (χ1) is 6.29. The van der Waals surface area contributed by atoms with Crippen LogP contribution in [0.25, 0.3) is 0 Å². The monoisotopic (exact) mass is 178 g/mol. The lowest BCUT2D eigenvalue weighted by Crippen LogP contribution is -2.05. The van der Waals surface area contributed by atoms with Crippen molar-refractivity contribution < 1.29 is 9.53 Å². The summed E-state index contributed by atoms with van der Waals surface area (Å²) in [5.41, 5.74) is 0.255. The van der Waals surface area contributed by atoms with Crippen molar-refractivity contribution in [2.45, 2.75) is 6.42 Å². The minimum absolute atomic E-state index is 0.139. The first-order valence-electron chi connectivity index (χ1n) is 3.78. The highest BCUT2D eigenvalue weighted by Gasteiger charge is 2.12. The third kappa shape index (κ3) is 2.11. The van der Waals surface area contributed by atoms with Crippen molar-refractivity contribution in [2.24, 2.45) is 0 Å². The number of hydrogen-bond acceptors (Lipinski definition) is 4. The van der Waals surface area contributed by atoms with Crippen molar-refractivity contribution in [3.63, 3.8) is 0 Å². The van der Waals surface area contributed by atoms with Crippen LogP contribution < -0.4 is 4.74 Å². The van der Waals surface area contributed by atoms with E-state index in [2.05, 4.69) is 16.5 Å². The largest absolute Gasteiger partial charge is 0.479 e. The number of methoxy groups -OCH3 is 1. The third-order valence-electron chi connectivity index (χ3n) is 1.45. The van der Waals surface area contributed by atoms with Crippen LogP contribution >= 0.6 is 0 Å². The predicted octanol–water partition coefficient (Wildman–Crippen LogP) is 1.24. The second kappa shape index (κ2) is 4.35. The highest BCUT2D eigenvalue weighted by molar-refractivity contribution is 5.96. The lowest BCUT2D eigenvalue weighted by atomic mass is 10.2. The topological polar surface area (TPSA) is 52.1 Å². The molecule has 1 aromatic rings. The molecule has 0 aliphatic carbocycles. The Bertz CT molecular complexity index is 323. The van der Waals surface area contributed by atoms with E-state index in [1.54, 1.807) is 0 Å². The first-order valence-corrected chi connectivity index (χ1v) is 3.78. The lowest BCUT2D eigenvalue weighted by Gasteiger charge is -2.02. The Hall–Kier alpha value is -1.71. The van der Waals surface area contributed by atoms with Gasteiger partial charge in [0.1, 0.15) is 0 Å². The molecule has 0 radical (unpaired) electrons. The van der Waals surface area contributed by atoms with Gasteiger partial charge in [-0.3, -0.25) is 4.79 Å². The maximum absolute atomic E-state index is 11.4. The summed E-state index contributed by atoms with van der Waals surface area (Å²) in [4.78, 5) is 19.1. The van der Waals surface area contributed by atoms with Crippen molar-refractivity contribution in [1.29, 1.82) is 0 Å². The Kier molecular flexibility index (Phi) is 3.14. The van der Waals surface area contributed by atoms with Gasteiger partial charge in [0.25, 0.3) is 0 Å². The Balaban J connectivity index is 2.98. The van der Waals surface area contributed by atoms with Crippen LogP contribution in [0.4, 0.5) is 0 Å². The molecule has 0 saturated heterocycles. The Labute approximate surface area is 76.3 Å². The molecule has 0 spiro atoms. The minimum atomic E-state index is -0.139. The summed E-state index contributed by atoms with van der Waals surface area (Å²) in [5.74, 6) is 0.120. The van der Waals surface area contributed by atoms with Crippen LogP contribution in [-0.4, -0.2) is 22.9 Å². The highest BCUT2D eigenvalue weighted by Crippen LogP contribution is 2.12. The van der Waals surface area contributed by atoms with Gasteiger partial charge in [-0.1, -0.05) is 6.08 Å². The molecule has 0 aliphatic rings. The molecule has 13 heavy (non-hydrogen) atoms. The fourth-order valence-electron chi connectivity index (χ4n) is 0.894. The molecule has 0 unspecified atom stereocenters. The number of carbonyl (C=O) groups excluding carboxylic acids is 1. The molecule has 0 N–H and O–H groups in total. The van der Waals surface area contributed by atoms with E-state index in [0.717, 1.165) is 0 Å². The predicted molar refractivity (Wildman–Crippen MR) is 47.7 cm³/mol. The normalized spacial score (nSPS) is 9.31. The van der Waals surface area contributed by atoms with Gasteiger partial charge in [-0.2, -0.15) is 0 Å². The van der Waals surface area contributed by atoms with Gasteiger partial charge in [0.05, 0.1) is 7.11 Å². The number of ether oxygens (including phenoxy) is 1. The van der Waals surface area contributed by atoms with Crippen LogP contribution in [0, 0.1) is 0 Å². The van der Waals surface area contributed by atoms with Crippen molar-refractivity contribution in [3.8, 4) is 5.88 Å². The number of hydrogen-bond donors (Lipinski definition) is 0. The van der Waals surface area contributed by atoms with Gasteiger partial charge < -0.3 is 4.74 Å². The van der Waals surface area contributed by atoms with Gasteiger partial charge in [-0.25, -0.2) is 9.97 Å². The maximum Gasteiger partial charge on any atom is 0.243 e. The molecule has 0 amide bonds. The van der Waals surface area contributed by atoms with Gasteiger partial charge in [-0.05, 0) is 0 Å². The molecule has 0 fully saturated rings. The van der Waals surface area contributed by atoms with Crippen molar-refractivity contribution in [1.82, 2.24) is 9.97 Å². The summed E-state index contributed by atoms with van der Waals surface area (Å²) in [5, 5.41) is 0. The molecule has 0 saturated carbocycles. The van der Waals surface area contributed by atoms with Gasteiger partial charge in [0, 0.05) is 18.8 Å². The van der Waals surface area contributed by atoms with E-state index < -0.39 is 0 Å². The van der Waals surface area contributed by atoms with Crippen LogP contribution in [0.5, 0.6) is 5.88 Å². The molecule has 1 rings (SSSR count). The van der Waals surface area contributed by atoms with E-state index >= 15 is 0 Å². The molecule has 0 bridgehead atoms. The third-order valence-corrected chi connectivity index (χ3v) is 1.45. The second-order valence-electron chi connectivity index (χ2n) is 2.33. The molecule has 0 atom stereocenters. The van der Waals surface area contributed by atoms with Crippen LogP contribution in [-0.2, 0) is 0 Å². The zero-order chi connectivity index (χ0) is 9.68. The van der Waals surface area contributed by atoms with E-state index in [4.69, 9.17) is 4.74 Å². The SMILES string of the molecule is C=CCC(=O)c1nccnc1OC. The molecular formula is C9H10N2O2. The van der Waals surface area contributed by atoms with Crippen LogP contribution in [0.1, 0.15) is 16.9 Å². The molecule has 4 nitrogen and oxygen atoms in total. The molecule has 0 aromatic carbocycles. The average Bonchev–Trinajstić information content (AvgIpc) is 2.18. The zero-order valence-corrected chi connectivity index (χ0v) is 7.36. The van der Waals surface area contributed by atoms with E-state index in [1.165, 1.54) is 25.6 Å². The molecule has 4 heteroatoms. The molecular weight excluding hydrogens is 168 g/mol. The summed E-state index contributed by atoms with van der Waals surface area (Å²) in [7, 11) is 1.45. The average molecular weight is 178 g/mol. The van der Waals surface area contributed by atoms with Crippen LogP contribution in [0.15, 0.2) is 25.0 Å². The quantitative estimate of drug-likeness (QED) is 0.514. The Morgan fingerprint density at radius 3 is 2.92 bits per heavy atom. The molecule has 1 aromatic heterocycles. The van der Waals surface area contributed by atoms with Crippen molar-refractivity contribution in [3.05, 3.63) is 30.7 Å². The molecule has 68 valence electrons.